The standard InChI is InChI=1S/C25H26FN3O8/c26-13-8-14(28-16(31)9-29-3-1-2-4-29)20(32)18-12(13)6-10-5-11-7-15(30)19(24(27)36)23(35)25(11,37)22(34)17(10)21(18)33/h8,10-11,32-33,35,37H,1-7,9H2,(H2,27,36)(H,28,31)/t10?,11-,25-/m0/s1. The number of aromatic hydroxyl groups is 1. The van der Waals surface area contributed by atoms with Crippen molar-refractivity contribution in [3.05, 3.63) is 39.9 Å². The van der Waals surface area contributed by atoms with E-state index in [-0.39, 0.29) is 36.2 Å². The van der Waals surface area contributed by atoms with Crippen molar-refractivity contribution in [2.24, 2.45) is 17.6 Å². The smallest absolute Gasteiger partial charge is 0.255 e. The van der Waals surface area contributed by atoms with Gasteiger partial charge in [-0.3, -0.25) is 24.1 Å². The summed E-state index contributed by atoms with van der Waals surface area (Å²) in [4.78, 5) is 51.9. The Balaban J connectivity index is 1.56. The van der Waals surface area contributed by atoms with Gasteiger partial charge in [-0.2, -0.15) is 0 Å². The van der Waals surface area contributed by atoms with Crippen molar-refractivity contribution >= 4 is 34.8 Å². The zero-order valence-corrected chi connectivity index (χ0v) is 19.7. The number of aliphatic hydroxyl groups is 3. The molecule has 196 valence electrons. The van der Waals surface area contributed by atoms with Crippen LogP contribution in [-0.2, 0) is 25.6 Å². The molecule has 2 amide bonds. The molecule has 3 aliphatic carbocycles. The van der Waals surface area contributed by atoms with Crippen molar-refractivity contribution < 1.29 is 44.0 Å². The van der Waals surface area contributed by atoms with Gasteiger partial charge in [0.2, 0.25) is 11.7 Å². The summed E-state index contributed by atoms with van der Waals surface area (Å²) < 4.78 is 15.2. The van der Waals surface area contributed by atoms with Crippen LogP contribution in [0.2, 0.25) is 0 Å². The first-order valence-corrected chi connectivity index (χ1v) is 12.0. The minimum atomic E-state index is -2.70. The molecule has 0 bridgehead atoms. The number of amides is 2. The number of anilines is 1. The highest BCUT2D eigenvalue weighted by Crippen LogP contribution is 2.53. The summed E-state index contributed by atoms with van der Waals surface area (Å²) >= 11 is 0. The van der Waals surface area contributed by atoms with Crippen LogP contribution in [0.1, 0.15) is 36.8 Å². The number of carbonyl (C=O) groups excluding carboxylic acids is 4. The lowest BCUT2D eigenvalue weighted by molar-refractivity contribution is -0.147. The van der Waals surface area contributed by atoms with E-state index in [0.717, 1.165) is 32.0 Å². The molecule has 4 aliphatic rings. The highest BCUT2D eigenvalue weighted by molar-refractivity contribution is 6.22. The number of nitrogens with zero attached hydrogens (tertiary/aromatic N) is 1. The number of likely N-dealkylation sites (tertiary alicyclic amines) is 1. The van der Waals surface area contributed by atoms with Crippen molar-refractivity contribution in [2.45, 2.75) is 37.7 Å². The third kappa shape index (κ3) is 3.70. The minimum Gasteiger partial charge on any atom is -0.508 e. The van der Waals surface area contributed by atoms with Crippen LogP contribution in [0.25, 0.3) is 5.76 Å². The second kappa shape index (κ2) is 8.67. The monoisotopic (exact) mass is 515 g/mol. The summed E-state index contributed by atoms with van der Waals surface area (Å²) in [5.41, 5.74) is 0.381. The van der Waals surface area contributed by atoms with E-state index in [9.17, 15) is 39.6 Å². The first kappa shape index (κ1) is 24.9. The van der Waals surface area contributed by atoms with Crippen LogP contribution in [0.5, 0.6) is 5.75 Å². The van der Waals surface area contributed by atoms with E-state index in [2.05, 4.69) is 5.32 Å². The molecular formula is C25H26FN3O8. The molecule has 1 aromatic rings. The largest absolute Gasteiger partial charge is 0.508 e. The lowest BCUT2D eigenvalue weighted by Crippen LogP contribution is -2.58. The maximum absolute atomic E-state index is 15.2. The summed E-state index contributed by atoms with van der Waals surface area (Å²) in [6.45, 7) is 1.51. The maximum atomic E-state index is 15.2. The molecule has 5 rings (SSSR count). The van der Waals surface area contributed by atoms with Gasteiger partial charge < -0.3 is 31.5 Å². The number of nitrogens with one attached hydrogen (secondary N) is 1. The summed E-state index contributed by atoms with van der Waals surface area (Å²) in [7, 11) is 0. The summed E-state index contributed by atoms with van der Waals surface area (Å²) in [6, 6.07) is 0.938. The predicted molar refractivity (Wildman–Crippen MR) is 126 cm³/mol. The van der Waals surface area contributed by atoms with Crippen LogP contribution in [0.3, 0.4) is 0 Å². The molecular weight excluding hydrogens is 489 g/mol. The molecule has 1 saturated heterocycles. The van der Waals surface area contributed by atoms with Gasteiger partial charge in [0.25, 0.3) is 5.91 Å². The normalized spacial score (nSPS) is 27.6. The van der Waals surface area contributed by atoms with Crippen molar-refractivity contribution in [1.82, 2.24) is 4.90 Å². The number of hydrogen-bond donors (Lipinski definition) is 6. The molecule has 0 aromatic heterocycles. The Labute approximate surface area is 210 Å². The quantitative estimate of drug-likeness (QED) is 0.246. The average Bonchev–Trinajstić information content (AvgIpc) is 3.32. The Morgan fingerprint density at radius 3 is 2.49 bits per heavy atom. The van der Waals surface area contributed by atoms with Crippen LogP contribution in [-0.4, -0.2) is 73.9 Å². The van der Waals surface area contributed by atoms with Gasteiger partial charge in [-0.15, -0.1) is 0 Å². The highest BCUT2D eigenvalue weighted by atomic mass is 19.1. The lowest BCUT2D eigenvalue weighted by atomic mass is 9.59. The summed E-state index contributed by atoms with van der Waals surface area (Å²) in [6.07, 6.45) is 1.19. The number of primary amides is 1. The van der Waals surface area contributed by atoms with Crippen LogP contribution in [0.4, 0.5) is 10.1 Å². The number of hydrogen-bond acceptors (Lipinski definition) is 9. The number of phenols is 1. The van der Waals surface area contributed by atoms with E-state index in [1.165, 1.54) is 0 Å². The fourth-order valence-corrected chi connectivity index (χ4v) is 6.07. The number of Topliss-reactive ketones (excluding diaryl/α,β-unsaturated/α-hetero) is 2. The van der Waals surface area contributed by atoms with Crippen molar-refractivity contribution in [3.63, 3.8) is 0 Å². The Hall–Kier alpha value is -3.77. The van der Waals surface area contributed by atoms with E-state index in [0.29, 0.717) is 0 Å². The van der Waals surface area contributed by atoms with Gasteiger partial charge in [-0.1, -0.05) is 0 Å². The van der Waals surface area contributed by atoms with Gasteiger partial charge in [-0.05, 0) is 44.7 Å². The topological polar surface area (TPSA) is 190 Å². The molecule has 37 heavy (non-hydrogen) atoms. The first-order chi connectivity index (χ1) is 17.4. The van der Waals surface area contributed by atoms with Crippen LogP contribution in [0, 0.1) is 17.7 Å². The molecule has 2 fully saturated rings. The molecule has 1 aromatic carbocycles. The third-order valence-corrected chi connectivity index (χ3v) is 7.85. The Kier molecular flexibility index (Phi) is 5.83. The molecule has 1 unspecified atom stereocenters. The fourth-order valence-electron chi connectivity index (χ4n) is 6.07. The highest BCUT2D eigenvalue weighted by Gasteiger charge is 2.60. The zero-order chi connectivity index (χ0) is 26.8. The number of benzene rings is 1. The van der Waals surface area contributed by atoms with Crippen molar-refractivity contribution in [2.75, 3.05) is 25.0 Å². The van der Waals surface area contributed by atoms with E-state index >= 15 is 4.39 Å². The van der Waals surface area contributed by atoms with Crippen LogP contribution in [0.15, 0.2) is 23.0 Å². The fraction of sp³-hybridized carbons (Fsp3) is 0.440. The van der Waals surface area contributed by atoms with Gasteiger partial charge in [-0.25, -0.2) is 4.39 Å². The molecule has 1 aliphatic heterocycles. The number of halogens is 1. The molecule has 3 atom stereocenters. The zero-order valence-electron chi connectivity index (χ0n) is 19.7. The average molecular weight is 515 g/mol. The Morgan fingerprint density at radius 2 is 1.84 bits per heavy atom. The van der Waals surface area contributed by atoms with E-state index < -0.39 is 81.5 Å². The lowest BCUT2D eigenvalue weighted by Gasteiger charge is -2.46. The van der Waals surface area contributed by atoms with Gasteiger partial charge in [0.15, 0.2) is 17.1 Å². The number of carbonyl (C=O) groups is 4. The Morgan fingerprint density at radius 1 is 1.16 bits per heavy atom. The third-order valence-electron chi connectivity index (χ3n) is 7.85. The molecule has 0 radical (unpaired) electrons. The van der Waals surface area contributed by atoms with Gasteiger partial charge in [0, 0.05) is 29.5 Å². The van der Waals surface area contributed by atoms with Crippen molar-refractivity contribution in [3.8, 4) is 5.75 Å². The Bertz CT molecular complexity index is 1330. The van der Waals surface area contributed by atoms with E-state index in [1.807, 2.05) is 4.90 Å². The number of rotatable bonds is 4. The maximum Gasteiger partial charge on any atom is 0.255 e. The van der Waals surface area contributed by atoms with Gasteiger partial charge in [0.1, 0.15) is 22.9 Å². The van der Waals surface area contributed by atoms with E-state index in [1.54, 1.807) is 0 Å². The van der Waals surface area contributed by atoms with Crippen LogP contribution >= 0.6 is 0 Å². The molecule has 0 spiro atoms. The van der Waals surface area contributed by atoms with Gasteiger partial charge >= 0.3 is 0 Å². The summed E-state index contributed by atoms with van der Waals surface area (Å²) in [5, 5.41) is 46.2. The second-order valence-corrected chi connectivity index (χ2v) is 10.0. The summed E-state index contributed by atoms with van der Waals surface area (Å²) in [5.74, 6) is -9.30. The number of aliphatic hydroxyl groups excluding tert-OH is 2. The van der Waals surface area contributed by atoms with E-state index in [4.69, 9.17) is 5.73 Å². The molecule has 1 saturated carbocycles. The second-order valence-electron chi connectivity index (χ2n) is 10.0. The number of phenolic OH excluding ortho intramolecular Hbond substituents is 1. The van der Waals surface area contributed by atoms with Crippen LogP contribution < -0.4 is 11.1 Å². The van der Waals surface area contributed by atoms with Gasteiger partial charge in [0.05, 0.1) is 17.8 Å². The number of nitrogens with two attached hydrogens (primary N) is 1. The SMILES string of the molecule is NC(=O)C1=C(O)[C@@]2(O)C(=O)C3=C(O)c4c(O)c(NC(=O)CN5CCCC5)cc(F)c4CC3C[C@H]2CC1=O. The molecule has 12 heteroatoms. The minimum absolute atomic E-state index is 0.0344. The molecule has 1 heterocycles. The number of fused-ring (bicyclic) bond motifs is 3. The molecule has 11 nitrogen and oxygen atoms in total. The molecule has 7 N–H and O–H groups in total. The van der Waals surface area contributed by atoms with Crippen molar-refractivity contribution in [1.29, 1.82) is 0 Å². The predicted octanol–water partition coefficient (Wildman–Crippen LogP) is 0.597. The number of ketones is 2. The first-order valence-electron chi connectivity index (χ1n) is 12.0.